The number of aryl methyl sites for hydroxylation is 1. The van der Waals surface area contributed by atoms with Crippen molar-refractivity contribution in [2.75, 3.05) is 12.2 Å². The smallest absolute Gasteiger partial charge is 0.438 e. The van der Waals surface area contributed by atoms with Gasteiger partial charge in [-0.1, -0.05) is 46.6 Å². The third-order valence-electron chi connectivity index (χ3n) is 3.45. The Balaban J connectivity index is 2.25. The zero-order valence-corrected chi connectivity index (χ0v) is 15.6. The molecule has 0 aliphatic rings. The first-order valence-electron chi connectivity index (χ1n) is 7.23. The molecule has 7 heteroatoms. The first-order valence-corrected chi connectivity index (χ1v) is 8.40. The normalized spacial score (nSPS) is 10.4. The van der Waals surface area contributed by atoms with Gasteiger partial charge in [0.25, 0.3) is 0 Å². The minimum atomic E-state index is -0.889. The fourth-order valence-electron chi connectivity index (χ4n) is 2.10. The van der Waals surface area contributed by atoms with Gasteiger partial charge in [0.05, 0.1) is 17.8 Å². The Morgan fingerprint density at radius 3 is 2.71 bits per heavy atom. The van der Waals surface area contributed by atoms with Gasteiger partial charge in [0.1, 0.15) is 12.4 Å². The second kappa shape index (κ2) is 8.37. The van der Waals surface area contributed by atoms with Gasteiger partial charge < -0.3 is 9.47 Å². The van der Waals surface area contributed by atoms with E-state index in [2.05, 4.69) is 20.7 Å². The van der Waals surface area contributed by atoms with Crippen molar-refractivity contribution in [1.29, 1.82) is 0 Å². The maximum absolute atomic E-state index is 11.6. The van der Waals surface area contributed by atoms with Crippen molar-refractivity contribution in [3.05, 3.63) is 57.0 Å². The van der Waals surface area contributed by atoms with Crippen LogP contribution in [0.15, 0.2) is 40.9 Å². The van der Waals surface area contributed by atoms with Crippen molar-refractivity contribution in [2.45, 2.75) is 20.0 Å². The maximum Gasteiger partial charge on any atom is 0.438 e. The molecule has 2 aromatic carbocycles. The Kier molecular flexibility index (Phi) is 6.48. The first kappa shape index (κ1) is 18.6. The van der Waals surface area contributed by atoms with E-state index in [1.807, 2.05) is 19.1 Å². The summed E-state index contributed by atoms with van der Waals surface area (Å²) in [4.78, 5) is 11.6. The summed E-state index contributed by atoms with van der Waals surface area (Å²) in [5, 5.41) is 10.9. The third-order valence-corrected chi connectivity index (χ3v) is 4.48. The van der Waals surface area contributed by atoms with E-state index in [0.717, 1.165) is 12.0 Å². The third kappa shape index (κ3) is 4.20. The maximum atomic E-state index is 11.6. The highest BCUT2D eigenvalue weighted by Gasteiger charge is 2.19. The van der Waals surface area contributed by atoms with Gasteiger partial charge in [-0.3, -0.25) is 5.21 Å². The largest absolute Gasteiger partial charge is 0.487 e. The number of ether oxygens (including phenoxy) is 2. The molecule has 128 valence electrons. The lowest BCUT2D eigenvalue weighted by Gasteiger charge is -2.19. The molecule has 1 amide bonds. The van der Waals surface area contributed by atoms with Crippen LogP contribution in [0.4, 0.5) is 10.5 Å². The van der Waals surface area contributed by atoms with Gasteiger partial charge in [0, 0.05) is 10.0 Å². The zero-order chi connectivity index (χ0) is 17.7. The van der Waals surface area contributed by atoms with E-state index in [-0.39, 0.29) is 12.3 Å². The molecule has 0 radical (unpaired) electrons. The van der Waals surface area contributed by atoms with E-state index in [0.29, 0.717) is 25.9 Å². The summed E-state index contributed by atoms with van der Waals surface area (Å²) < 4.78 is 11.0. The molecule has 0 fully saturated rings. The van der Waals surface area contributed by atoms with Gasteiger partial charge in [-0.15, -0.1) is 0 Å². The van der Waals surface area contributed by atoms with Gasteiger partial charge in [-0.05, 0) is 36.2 Å². The van der Waals surface area contributed by atoms with Gasteiger partial charge in [-0.25, -0.2) is 4.79 Å². The van der Waals surface area contributed by atoms with Crippen LogP contribution in [0.3, 0.4) is 0 Å². The van der Waals surface area contributed by atoms with Crippen LogP contribution in [0.2, 0.25) is 5.02 Å². The van der Waals surface area contributed by atoms with Crippen LogP contribution in [0.1, 0.15) is 18.1 Å². The zero-order valence-electron chi connectivity index (χ0n) is 13.3. The lowest BCUT2D eigenvalue weighted by atomic mass is 10.1. The number of methoxy groups -OCH3 is 1. The average molecular weight is 415 g/mol. The molecule has 0 heterocycles. The average Bonchev–Trinajstić information content (AvgIpc) is 2.59. The van der Waals surface area contributed by atoms with E-state index in [1.165, 1.54) is 7.11 Å². The molecule has 0 saturated heterocycles. The monoisotopic (exact) mass is 413 g/mol. The van der Waals surface area contributed by atoms with Crippen molar-refractivity contribution in [3.8, 4) is 5.75 Å². The molecule has 1 N–H and O–H groups in total. The van der Waals surface area contributed by atoms with Crippen molar-refractivity contribution < 1.29 is 19.5 Å². The first-order chi connectivity index (χ1) is 11.5. The molecule has 24 heavy (non-hydrogen) atoms. The number of carbonyl (C=O) groups excluding carboxylic acids is 1. The Hall–Kier alpha value is -1.76. The molecular weight excluding hydrogens is 398 g/mol. The number of carbonyl (C=O) groups is 1. The van der Waals surface area contributed by atoms with E-state index < -0.39 is 6.09 Å². The number of hydrogen-bond donors (Lipinski definition) is 1. The standard InChI is InChI=1S/C17H17BrClNO4/c1-3-11-7-8-16(14(19)9-11)24-10-12-13(18)5-4-6-15(12)20(22)17(21)23-2/h4-9,22H,3,10H2,1-2H3. The van der Waals surface area contributed by atoms with Crippen molar-refractivity contribution in [1.82, 2.24) is 0 Å². The Bertz CT molecular complexity index is 739. The number of anilines is 1. The summed E-state index contributed by atoms with van der Waals surface area (Å²) in [5.41, 5.74) is 1.96. The molecule has 0 aliphatic heterocycles. The fraction of sp³-hybridized carbons (Fsp3) is 0.235. The molecule has 0 aliphatic carbocycles. The Labute approximate surface area is 153 Å². The van der Waals surface area contributed by atoms with Crippen LogP contribution in [0, 0.1) is 0 Å². The number of hydrogen-bond acceptors (Lipinski definition) is 4. The molecule has 0 unspecified atom stereocenters. The molecule has 5 nitrogen and oxygen atoms in total. The SMILES string of the molecule is CCc1ccc(OCc2c(Br)cccc2N(O)C(=O)OC)c(Cl)c1. The van der Waals surface area contributed by atoms with E-state index in [1.54, 1.807) is 24.3 Å². The topological polar surface area (TPSA) is 59.0 Å². The van der Waals surface area contributed by atoms with Gasteiger partial charge >= 0.3 is 6.09 Å². The minimum absolute atomic E-state index is 0.107. The lowest BCUT2D eigenvalue weighted by Crippen LogP contribution is -2.28. The quantitative estimate of drug-likeness (QED) is 0.539. The van der Waals surface area contributed by atoms with Gasteiger partial charge in [-0.2, -0.15) is 5.06 Å². The van der Waals surface area contributed by atoms with E-state index >= 15 is 0 Å². The fourth-order valence-corrected chi connectivity index (χ4v) is 2.83. The van der Waals surface area contributed by atoms with E-state index in [4.69, 9.17) is 16.3 Å². The predicted octanol–water partition coefficient (Wildman–Crippen LogP) is 5.21. The summed E-state index contributed by atoms with van der Waals surface area (Å²) in [5.74, 6) is 0.526. The second-order valence-electron chi connectivity index (χ2n) is 4.93. The number of benzene rings is 2. The molecule has 0 saturated carbocycles. The lowest BCUT2D eigenvalue weighted by molar-refractivity contribution is 0.140. The summed E-state index contributed by atoms with van der Waals surface area (Å²) in [7, 11) is 1.19. The highest BCUT2D eigenvalue weighted by molar-refractivity contribution is 9.10. The summed E-state index contributed by atoms with van der Waals surface area (Å²) in [6.45, 7) is 2.15. The highest BCUT2D eigenvalue weighted by Crippen LogP contribution is 2.31. The molecule has 0 bridgehead atoms. The molecule has 0 spiro atoms. The number of halogens is 2. The molecule has 2 rings (SSSR count). The van der Waals surface area contributed by atoms with Crippen LogP contribution in [-0.2, 0) is 17.8 Å². The number of amides is 1. The van der Waals surface area contributed by atoms with Crippen LogP contribution in [0.5, 0.6) is 5.75 Å². The molecular formula is C17H17BrClNO4. The van der Waals surface area contributed by atoms with Crippen molar-refractivity contribution >= 4 is 39.3 Å². The predicted molar refractivity (Wildman–Crippen MR) is 96.0 cm³/mol. The van der Waals surface area contributed by atoms with Crippen LogP contribution >= 0.6 is 27.5 Å². The van der Waals surface area contributed by atoms with Gasteiger partial charge in [0.15, 0.2) is 0 Å². The van der Waals surface area contributed by atoms with Crippen molar-refractivity contribution in [3.63, 3.8) is 0 Å². The van der Waals surface area contributed by atoms with E-state index in [9.17, 15) is 10.0 Å². The van der Waals surface area contributed by atoms with Crippen molar-refractivity contribution in [2.24, 2.45) is 0 Å². The number of nitrogens with zero attached hydrogens (tertiary/aromatic N) is 1. The second-order valence-corrected chi connectivity index (χ2v) is 6.19. The molecule has 2 aromatic rings. The van der Waals surface area contributed by atoms with Crippen LogP contribution in [-0.4, -0.2) is 18.4 Å². The van der Waals surface area contributed by atoms with Crippen LogP contribution < -0.4 is 9.80 Å². The van der Waals surface area contributed by atoms with Gasteiger partial charge in [0.2, 0.25) is 0 Å². The minimum Gasteiger partial charge on any atom is -0.487 e. The number of rotatable bonds is 5. The Morgan fingerprint density at radius 2 is 2.08 bits per heavy atom. The summed E-state index contributed by atoms with van der Waals surface area (Å²) in [6, 6.07) is 10.7. The van der Waals surface area contributed by atoms with Crippen LogP contribution in [0.25, 0.3) is 0 Å². The summed E-state index contributed by atoms with van der Waals surface area (Å²) >= 11 is 9.62. The summed E-state index contributed by atoms with van der Waals surface area (Å²) in [6.07, 6.45) is -0.00726. The molecule has 0 aromatic heterocycles. The number of hydroxylamine groups is 1. The Morgan fingerprint density at radius 1 is 1.33 bits per heavy atom. The highest BCUT2D eigenvalue weighted by atomic mass is 79.9. The molecule has 0 atom stereocenters.